The zero-order chi connectivity index (χ0) is 22.2. The number of ether oxygens (including phenoxy) is 1. The number of imidazole rings is 1. The molecule has 10 heteroatoms. The Morgan fingerprint density at radius 2 is 2.09 bits per heavy atom. The lowest BCUT2D eigenvalue weighted by Crippen LogP contribution is -2.52. The van der Waals surface area contributed by atoms with Crippen LogP contribution in [0.1, 0.15) is 5.69 Å². The number of H-pyrrole nitrogens is 1. The number of hydrogen-bond donors (Lipinski definition) is 3. The molecule has 0 saturated carbocycles. The zero-order valence-electron chi connectivity index (χ0n) is 17.8. The van der Waals surface area contributed by atoms with Gasteiger partial charge in [-0.1, -0.05) is 11.6 Å². The lowest BCUT2D eigenvalue weighted by Gasteiger charge is -2.34. The molecule has 1 aliphatic rings. The Labute approximate surface area is 190 Å². The summed E-state index contributed by atoms with van der Waals surface area (Å²) < 4.78 is 7.91. The summed E-state index contributed by atoms with van der Waals surface area (Å²) >= 11 is 6.44. The average molecular weight is 454 g/mol. The predicted octanol–water partition coefficient (Wildman–Crippen LogP) is 2.88. The number of rotatable bonds is 5. The van der Waals surface area contributed by atoms with Crippen LogP contribution in [0.5, 0.6) is 11.5 Å². The van der Waals surface area contributed by atoms with Crippen molar-refractivity contribution in [3.63, 3.8) is 0 Å². The van der Waals surface area contributed by atoms with Gasteiger partial charge in [-0.3, -0.25) is 4.68 Å². The molecule has 4 aromatic rings. The number of piperazine rings is 1. The number of halogens is 1. The van der Waals surface area contributed by atoms with Crippen LogP contribution >= 0.6 is 11.6 Å². The molecular weight excluding hydrogens is 430 g/mol. The third kappa shape index (κ3) is 3.90. The first-order valence-electron chi connectivity index (χ1n) is 10.4. The number of benzene rings is 1. The lowest BCUT2D eigenvalue weighted by molar-refractivity contribution is 0.235. The van der Waals surface area contributed by atoms with Crippen molar-refractivity contribution < 1.29 is 9.84 Å². The van der Waals surface area contributed by atoms with E-state index in [1.807, 2.05) is 44.4 Å². The third-order valence-electron chi connectivity index (χ3n) is 5.60. The molecular formula is C22H24ClN7O2. The highest BCUT2D eigenvalue weighted by Crippen LogP contribution is 2.36. The van der Waals surface area contributed by atoms with Gasteiger partial charge in [0.15, 0.2) is 11.4 Å². The van der Waals surface area contributed by atoms with Gasteiger partial charge in [-0.2, -0.15) is 5.10 Å². The number of pyridine rings is 1. The van der Waals surface area contributed by atoms with Crippen LogP contribution < -0.4 is 15.0 Å². The van der Waals surface area contributed by atoms with Crippen LogP contribution in [0.25, 0.3) is 22.6 Å². The minimum atomic E-state index is 0.0848. The van der Waals surface area contributed by atoms with Gasteiger partial charge in [-0.25, -0.2) is 9.97 Å². The highest BCUT2D eigenvalue weighted by Gasteiger charge is 2.20. The Kier molecular flexibility index (Phi) is 5.46. The van der Waals surface area contributed by atoms with Crippen LogP contribution in [0.3, 0.4) is 0 Å². The first-order chi connectivity index (χ1) is 15.5. The molecule has 0 bridgehead atoms. The predicted molar refractivity (Wildman–Crippen MR) is 123 cm³/mol. The molecule has 0 spiro atoms. The molecule has 5 rings (SSSR count). The Bertz CT molecular complexity index is 1250. The second kappa shape index (κ2) is 8.42. The van der Waals surface area contributed by atoms with Crippen molar-refractivity contribution in [1.29, 1.82) is 0 Å². The molecule has 9 nitrogen and oxygen atoms in total. The molecule has 1 aromatic carbocycles. The number of aromatic amines is 1. The number of fused-ring (bicyclic) bond motifs is 1. The number of aliphatic hydroxyl groups excluding tert-OH is 1. The molecule has 166 valence electrons. The minimum Gasteiger partial charge on any atom is -0.453 e. The fourth-order valence-electron chi connectivity index (χ4n) is 4.00. The fourth-order valence-corrected chi connectivity index (χ4v) is 4.18. The molecule has 0 aliphatic carbocycles. The molecule has 1 atom stereocenters. The second-order valence-corrected chi connectivity index (χ2v) is 8.30. The van der Waals surface area contributed by atoms with Crippen molar-refractivity contribution in [2.45, 2.75) is 13.0 Å². The van der Waals surface area contributed by atoms with E-state index >= 15 is 0 Å². The molecule has 4 heterocycles. The molecule has 32 heavy (non-hydrogen) atoms. The van der Waals surface area contributed by atoms with E-state index in [1.165, 1.54) is 0 Å². The normalized spacial score (nSPS) is 16.6. The molecule has 3 N–H and O–H groups in total. The maximum absolute atomic E-state index is 9.43. The summed E-state index contributed by atoms with van der Waals surface area (Å²) in [7, 11) is 1.87. The lowest BCUT2D eigenvalue weighted by atomic mass is 10.2. The van der Waals surface area contributed by atoms with E-state index in [9.17, 15) is 5.11 Å². The van der Waals surface area contributed by atoms with Crippen molar-refractivity contribution in [2.24, 2.45) is 7.05 Å². The molecule has 1 saturated heterocycles. The number of aromatic nitrogens is 5. The van der Waals surface area contributed by atoms with Gasteiger partial charge < -0.3 is 25.0 Å². The van der Waals surface area contributed by atoms with Crippen molar-refractivity contribution in [2.75, 3.05) is 31.1 Å². The van der Waals surface area contributed by atoms with E-state index in [0.29, 0.717) is 33.5 Å². The van der Waals surface area contributed by atoms with Crippen LogP contribution in [0, 0.1) is 6.92 Å². The maximum Gasteiger partial charge on any atom is 0.182 e. The van der Waals surface area contributed by atoms with Gasteiger partial charge in [0.2, 0.25) is 0 Å². The molecule has 0 amide bonds. The number of nitrogens with zero attached hydrogens (tertiary/aromatic N) is 5. The maximum atomic E-state index is 9.43. The van der Waals surface area contributed by atoms with Crippen LogP contribution in [0.4, 0.5) is 5.69 Å². The van der Waals surface area contributed by atoms with Crippen LogP contribution in [-0.4, -0.2) is 62.1 Å². The van der Waals surface area contributed by atoms with Crippen molar-refractivity contribution in [3.8, 4) is 22.9 Å². The van der Waals surface area contributed by atoms with Gasteiger partial charge in [0.25, 0.3) is 0 Å². The fraction of sp³-hybridized carbons (Fsp3) is 0.318. The number of aliphatic hydroxyl groups is 1. The Balaban J connectivity index is 1.42. The number of nitrogens with one attached hydrogen (secondary N) is 2. The van der Waals surface area contributed by atoms with Crippen molar-refractivity contribution in [3.05, 3.63) is 47.4 Å². The van der Waals surface area contributed by atoms with E-state index in [0.717, 1.165) is 36.6 Å². The van der Waals surface area contributed by atoms with Crippen molar-refractivity contribution in [1.82, 2.24) is 30.0 Å². The van der Waals surface area contributed by atoms with E-state index in [1.54, 1.807) is 10.9 Å². The minimum absolute atomic E-state index is 0.0848. The van der Waals surface area contributed by atoms with Gasteiger partial charge in [0.05, 0.1) is 24.1 Å². The summed E-state index contributed by atoms with van der Waals surface area (Å²) in [5.41, 5.74) is 4.00. The third-order valence-corrected chi connectivity index (χ3v) is 5.86. The quantitative estimate of drug-likeness (QED) is 0.426. The summed E-state index contributed by atoms with van der Waals surface area (Å²) in [5, 5.41) is 17.5. The smallest absolute Gasteiger partial charge is 0.182 e. The molecule has 1 aliphatic heterocycles. The number of aryl methyl sites for hydroxylation is 2. The standard InChI is InChI=1S/C22H24ClN7O2/c1-13-17(11-29(2)28-13)21-26-19-20(18(23)9-25-22(19)27-21)32-16-5-3-15(4-6-16)30-8-7-24-14(10-30)12-31/h3-6,9,11,14,24,31H,7-8,10,12H2,1-2H3,(H,25,26,27)/t14-/m1/s1. The van der Waals surface area contributed by atoms with E-state index in [2.05, 4.69) is 30.3 Å². The molecule has 3 aromatic heterocycles. The SMILES string of the molecule is Cc1nn(C)cc1-c1nc2ncc(Cl)c(Oc3ccc(N4CCN[C@@H](CO)C4)cc3)c2[nH]1. The van der Waals surface area contributed by atoms with E-state index < -0.39 is 0 Å². The summed E-state index contributed by atoms with van der Waals surface area (Å²) in [6, 6.07) is 7.94. The van der Waals surface area contributed by atoms with E-state index in [-0.39, 0.29) is 12.6 Å². The van der Waals surface area contributed by atoms with Gasteiger partial charge in [-0.15, -0.1) is 0 Å². The monoisotopic (exact) mass is 453 g/mol. The first kappa shape index (κ1) is 20.7. The zero-order valence-corrected chi connectivity index (χ0v) is 18.6. The van der Waals surface area contributed by atoms with Crippen molar-refractivity contribution >= 4 is 28.5 Å². The Hall–Kier alpha value is -3.14. The molecule has 1 fully saturated rings. The van der Waals surface area contributed by atoms with E-state index in [4.69, 9.17) is 16.3 Å². The van der Waals surface area contributed by atoms with Gasteiger partial charge in [0, 0.05) is 44.6 Å². The topological polar surface area (TPSA) is 104 Å². The Morgan fingerprint density at radius 1 is 1.28 bits per heavy atom. The Morgan fingerprint density at radius 3 is 2.81 bits per heavy atom. The van der Waals surface area contributed by atoms with Crippen LogP contribution in [-0.2, 0) is 7.05 Å². The molecule has 0 radical (unpaired) electrons. The largest absolute Gasteiger partial charge is 0.453 e. The summed E-state index contributed by atoms with van der Waals surface area (Å²) in [6.45, 7) is 4.55. The summed E-state index contributed by atoms with van der Waals surface area (Å²) in [4.78, 5) is 14.5. The highest BCUT2D eigenvalue weighted by atomic mass is 35.5. The first-order valence-corrected chi connectivity index (χ1v) is 10.8. The van der Waals surface area contributed by atoms with Crippen LogP contribution in [0.2, 0.25) is 5.02 Å². The van der Waals surface area contributed by atoms with Gasteiger partial charge in [-0.05, 0) is 31.2 Å². The van der Waals surface area contributed by atoms with Gasteiger partial charge >= 0.3 is 0 Å². The number of hydrogen-bond acceptors (Lipinski definition) is 7. The molecule has 0 unspecified atom stereocenters. The number of anilines is 1. The summed E-state index contributed by atoms with van der Waals surface area (Å²) in [6.07, 6.45) is 3.45. The van der Waals surface area contributed by atoms with Gasteiger partial charge in [0.1, 0.15) is 22.1 Å². The van der Waals surface area contributed by atoms with Crippen LogP contribution in [0.15, 0.2) is 36.7 Å². The second-order valence-electron chi connectivity index (χ2n) is 7.90. The average Bonchev–Trinajstić information content (AvgIpc) is 3.38. The summed E-state index contributed by atoms with van der Waals surface area (Å²) in [5.74, 6) is 1.80. The highest BCUT2D eigenvalue weighted by molar-refractivity contribution is 6.32.